The lowest BCUT2D eigenvalue weighted by Gasteiger charge is -2.11. The summed E-state index contributed by atoms with van der Waals surface area (Å²) in [5.41, 5.74) is 9.68. The number of hydrogen-bond acceptors (Lipinski definition) is 3. The number of aryl methyl sites for hydroxylation is 2. The van der Waals surface area contributed by atoms with E-state index in [1.54, 1.807) is 12.1 Å². The number of benzene rings is 2. The molecule has 0 bridgehead atoms. The van der Waals surface area contributed by atoms with Gasteiger partial charge in [-0.1, -0.05) is 29.8 Å². The number of ether oxygens (including phenoxy) is 1. The summed E-state index contributed by atoms with van der Waals surface area (Å²) < 4.78 is 5.33. The zero-order chi connectivity index (χ0) is 14.7. The smallest absolute Gasteiger partial charge is 0.338 e. The second kappa shape index (κ2) is 5.97. The molecule has 3 nitrogen and oxygen atoms in total. The van der Waals surface area contributed by atoms with Gasteiger partial charge in [-0.25, -0.2) is 4.79 Å². The lowest BCUT2D eigenvalue weighted by atomic mass is 10.0. The molecule has 0 saturated carbocycles. The fourth-order valence-electron chi connectivity index (χ4n) is 1.97. The van der Waals surface area contributed by atoms with E-state index in [2.05, 4.69) is 0 Å². The van der Waals surface area contributed by atoms with Crippen LogP contribution < -0.4 is 5.73 Å². The summed E-state index contributed by atoms with van der Waals surface area (Å²) in [5, 5.41) is 0.427. The molecule has 0 radical (unpaired) electrons. The van der Waals surface area contributed by atoms with Crippen molar-refractivity contribution in [2.24, 2.45) is 0 Å². The Labute approximate surface area is 123 Å². The lowest BCUT2D eigenvalue weighted by molar-refractivity contribution is 0.0471. The Morgan fingerprint density at radius 3 is 2.45 bits per heavy atom. The van der Waals surface area contributed by atoms with E-state index in [0.717, 1.165) is 16.7 Å². The molecule has 0 atom stereocenters. The average molecular weight is 290 g/mol. The van der Waals surface area contributed by atoms with E-state index in [1.165, 1.54) is 6.07 Å². The standard InChI is InChI=1S/C16H16ClNO2/c1-10-4-3-5-11(2)13(10)9-20-16(19)12-6-7-14(17)15(18)8-12/h3-8H,9,18H2,1-2H3. The summed E-state index contributed by atoms with van der Waals surface area (Å²) in [7, 11) is 0. The van der Waals surface area contributed by atoms with Crippen LogP contribution in [0.3, 0.4) is 0 Å². The first-order valence-corrected chi connectivity index (χ1v) is 6.64. The molecule has 0 amide bonds. The molecule has 2 rings (SSSR count). The van der Waals surface area contributed by atoms with Gasteiger partial charge in [0.25, 0.3) is 0 Å². The highest BCUT2D eigenvalue weighted by molar-refractivity contribution is 6.33. The van der Waals surface area contributed by atoms with E-state index < -0.39 is 5.97 Å². The van der Waals surface area contributed by atoms with Crippen molar-refractivity contribution in [1.82, 2.24) is 0 Å². The molecule has 20 heavy (non-hydrogen) atoms. The molecule has 2 aromatic rings. The quantitative estimate of drug-likeness (QED) is 0.689. The number of nitrogens with two attached hydrogens (primary N) is 1. The van der Waals surface area contributed by atoms with Gasteiger partial charge in [-0.2, -0.15) is 0 Å². The van der Waals surface area contributed by atoms with Crippen LogP contribution in [-0.4, -0.2) is 5.97 Å². The van der Waals surface area contributed by atoms with E-state index in [1.807, 2.05) is 32.0 Å². The van der Waals surface area contributed by atoms with E-state index in [-0.39, 0.29) is 6.61 Å². The van der Waals surface area contributed by atoms with E-state index in [9.17, 15) is 4.79 Å². The normalized spacial score (nSPS) is 10.3. The van der Waals surface area contributed by atoms with Gasteiger partial charge in [0.1, 0.15) is 6.61 Å². The molecule has 0 aliphatic rings. The van der Waals surface area contributed by atoms with Crippen molar-refractivity contribution in [3.63, 3.8) is 0 Å². The summed E-state index contributed by atoms with van der Waals surface area (Å²) in [5.74, 6) is -0.406. The van der Waals surface area contributed by atoms with Crippen molar-refractivity contribution in [2.45, 2.75) is 20.5 Å². The van der Waals surface area contributed by atoms with Crippen molar-refractivity contribution in [3.05, 3.63) is 63.7 Å². The molecule has 0 saturated heterocycles. The van der Waals surface area contributed by atoms with Gasteiger partial charge in [-0.3, -0.25) is 0 Å². The Hall–Kier alpha value is -2.00. The van der Waals surface area contributed by atoms with E-state index >= 15 is 0 Å². The van der Waals surface area contributed by atoms with Gasteiger partial charge in [-0.05, 0) is 48.7 Å². The monoisotopic (exact) mass is 289 g/mol. The fraction of sp³-hybridized carbons (Fsp3) is 0.188. The van der Waals surface area contributed by atoms with Crippen LogP contribution >= 0.6 is 11.6 Å². The van der Waals surface area contributed by atoms with Gasteiger partial charge in [0.15, 0.2) is 0 Å². The Kier molecular flexibility index (Phi) is 4.30. The van der Waals surface area contributed by atoms with Gasteiger partial charge >= 0.3 is 5.97 Å². The van der Waals surface area contributed by atoms with Crippen LogP contribution in [0.5, 0.6) is 0 Å². The largest absolute Gasteiger partial charge is 0.457 e. The second-order valence-electron chi connectivity index (χ2n) is 4.68. The van der Waals surface area contributed by atoms with Gasteiger partial charge in [-0.15, -0.1) is 0 Å². The molecular weight excluding hydrogens is 274 g/mol. The molecule has 104 valence electrons. The summed E-state index contributed by atoms with van der Waals surface area (Å²) in [4.78, 5) is 12.0. The molecule has 0 aliphatic heterocycles. The molecule has 0 aliphatic carbocycles. The third kappa shape index (κ3) is 3.11. The highest BCUT2D eigenvalue weighted by atomic mass is 35.5. The number of rotatable bonds is 3. The maximum atomic E-state index is 12.0. The number of hydrogen-bond donors (Lipinski definition) is 1. The van der Waals surface area contributed by atoms with E-state index in [4.69, 9.17) is 22.1 Å². The predicted molar refractivity (Wildman–Crippen MR) is 80.9 cm³/mol. The van der Waals surface area contributed by atoms with Crippen LogP contribution in [-0.2, 0) is 11.3 Å². The number of nitrogen functional groups attached to an aromatic ring is 1. The van der Waals surface area contributed by atoms with Crippen molar-refractivity contribution >= 4 is 23.3 Å². The number of halogens is 1. The highest BCUT2D eigenvalue weighted by Crippen LogP contribution is 2.21. The molecule has 4 heteroatoms. The third-order valence-corrected chi connectivity index (χ3v) is 3.57. The Morgan fingerprint density at radius 2 is 1.85 bits per heavy atom. The number of anilines is 1. The third-order valence-electron chi connectivity index (χ3n) is 3.22. The van der Waals surface area contributed by atoms with Gasteiger partial charge < -0.3 is 10.5 Å². The summed E-state index contributed by atoms with van der Waals surface area (Å²) in [6, 6.07) is 10.7. The lowest BCUT2D eigenvalue weighted by Crippen LogP contribution is -2.07. The highest BCUT2D eigenvalue weighted by Gasteiger charge is 2.11. The van der Waals surface area contributed by atoms with Crippen LogP contribution in [0.15, 0.2) is 36.4 Å². The van der Waals surface area contributed by atoms with Crippen molar-refractivity contribution in [3.8, 4) is 0 Å². The number of carbonyl (C=O) groups is 1. The van der Waals surface area contributed by atoms with Crippen LogP contribution in [0.4, 0.5) is 5.69 Å². The first-order chi connectivity index (χ1) is 9.49. The maximum Gasteiger partial charge on any atom is 0.338 e. The second-order valence-corrected chi connectivity index (χ2v) is 5.09. The van der Waals surface area contributed by atoms with Crippen LogP contribution in [0, 0.1) is 13.8 Å². The minimum Gasteiger partial charge on any atom is -0.457 e. The zero-order valence-corrected chi connectivity index (χ0v) is 12.2. The summed E-state index contributed by atoms with van der Waals surface area (Å²) >= 11 is 5.82. The minimum absolute atomic E-state index is 0.250. The molecule has 0 spiro atoms. The minimum atomic E-state index is -0.406. The average Bonchev–Trinajstić information content (AvgIpc) is 2.41. The van der Waals surface area contributed by atoms with Gasteiger partial charge in [0.05, 0.1) is 16.3 Å². The molecule has 2 aromatic carbocycles. The first kappa shape index (κ1) is 14.4. The molecule has 0 aromatic heterocycles. The predicted octanol–water partition coefficient (Wildman–Crippen LogP) is 3.90. The van der Waals surface area contributed by atoms with Crippen molar-refractivity contribution in [2.75, 3.05) is 5.73 Å². The molecule has 2 N–H and O–H groups in total. The number of esters is 1. The van der Waals surface area contributed by atoms with Crippen LogP contribution in [0.25, 0.3) is 0 Å². The molecule has 0 heterocycles. The maximum absolute atomic E-state index is 12.0. The van der Waals surface area contributed by atoms with Gasteiger partial charge in [0, 0.05) is 0 Å². The van der Waals surface area contributed by atoms with Crippen LogP contribution in [0.1, 0.15) is 27.0 Å². The van der Waals surface area contributed by atoms with Crippen molar-refractivity contribution in [1.29, 1.82) is 0 Å². The Morgan fingerprint density at radius 1 is 1.20 bits per heavy atom. The zero-order valence-electron chi connectivity index (χ0n) is 11.4. The molecular formula is C16H16ClNO2. The summed E-state index contributed by atoms with van der Waals surface area (Å²) in [6.45, 7) is 4.24. The first-order valence-electron chi connectivity index (χ1n) is 6.26. The molecule has 0 unspecified atom stereocenters. The Bertz CT molecular complexity index is 633. The molecule has 0 fully saturated rings. The fourth-order valence-corrected chi connectivity index (χ4v) is 2.09. The number of carbonyl (C=O) groups excluding carboxylic acids is 1. The van der Waals surface area contributed by atoms with Gasteiger partial charge in [0.2, 0.25) is 0 Å². The van der Waals surface area contributed by atoms with Crippen molar-refractivity contribution < 1.29 is 9.53 Å². The summed E-state index contributed by atoms with van der Waals surface area (Å²) in [6.07, 6.45) is 0. The topological polar surface area (TPSA) is 52.3 Å². The Balaban J connectivity index is 2.11. The van der Waals surface area contributed by atoms with Crippen LogP contribution in [0.2, 0.25) is 5.02 Å². The SMILES string of the molecule is Cc1cccc(C)c1COC(=O)c1ccc(Cl)c(N)c1. The van der Waals surface area contributed by atoms with E-state index in [0.29, 0.717) is 16.3 Å².